The van der Waals surface area contributed by atoms with Crippen LogP contribution in [0.1, 0.15) is 17.0 Å². The van der Waals surface area contributed by atoms with E-state index >= 15 is 0 Å². The maximum absolute atomic E-state index is 11.8. The van der Waals surface area contributed by atoms with E-state index in [2.05, 4.69) is 0 Å². The molecule has 0 spiro atoms. The van der Waals surface area contributed by atoms with Gasteiger partial charge >= 0.3 is 5.97 Å². The summed E-state index contributed by atoms with van der Waals surface area (Å²) in [5.41, 5.74) is 1.95. The Labute approximate surface area is 98.5 Å². The van der Waals surface area contributed by atoms with Crippen LogP contribution in [-0.2, 0) is 9.53 Å². The van der Waals surface area contributed by atoms with E-state index in [-0.39, 0.29) is 11.9 Å². The van der Waals surface area contributed by atoms with Gasteiger partial charge < -0.3 is 4.74 Å². The summed E-state index contributed by atoms with van der Waals surface area (Å²) in [7, 11) is 1.42. The number of thiophene rings is 1. The summed E-state index contributed by atoms with van der Waals surface area (Å²) in [5, 5.41) is 3.95. The van der Waals surface area contributed by atoms with E-state index in [9.17, 15) is 4.79 Å². The second kappa shape index (κ2) is 4.94. The number of hydrogen-bond donors (Lipinski definition) is 0. The van der Waals surface area contributed by atoms with Gasteiger partial charge in [0.05, 0.1) is 7.11 Å². The van der Waals surface area contributed by atoms with Gasteiger partial charge in [-0.05, 0) is 28.0 Å². The van der Waals surface area contributed by atoms with Crippen LogP contribution in [0.2, 0.25) is 0 Å². The predicted octanol–water partition coefficient (Wildman–Crippen LogP) is 3.05. The topological polar surface area (TPSA) is 26.3 Å². The number of carbonyl (C=O) groups is 1. The highest BCUT2D eigenvalue weighted by atomic mass is 32.1. The van der Waals surface area contributed by atoms with Crippen molar-refractivity contribution >= 4 is 17.3 Å². The molecular formula is C13H12O2S. The van der Waals surface area contributed by atoms with Gasteiger partial charge in [0, 0.05) is 0 Å². The fraction of sp³-hybridized carbons (Fsp3) is 0.154. The zero-order valence-electron chi connectivity index (χ0n) is 8.92. The molecule has 0 amide bonds. The lowest BCUT2D eigenvalue weighted by atomic mass is 9.93. The van der Waals surface area contributed by atoms with Gasteiger partial charge in [0.25, 0.3) is 0 Å². The van der Waals surface area contributed by atoms with Crippen LogP contribution in [0.25, 0.3) is 0 Å². The summed E-state index contributed by atoms with van der Waals surface area (Å²) in [6.07, 6.45) is 0. The fourth-order valence-corrected chi connectivity index (χ4v) is 2.35. The van der Waals surface area contributed by atoms with Crippen molar-refractivity contribution in [1.29, 1.82) is 0 Å². The number of hydrogen-bond acceptors (Lipinski definition) is 3. The second-order valence-corrected chi connectivity index (χ2v) is 4.20. The van der Waals surface area contributed by atoms with E-state index in [0.717, 1.165) is 11.1 Å². The number of benzene rings is 1. The van der Waals surface area contributed by atoms with Gasteiger partial charge in [-0.2, -0.15) is 11.3 Å². The Bertz CT molecular complexity index is 448. The Morgan fingerprint density at radius 3 is 2.50 bits per heavy atom. The Hall–Kier alpha value is -1.61. The Morgan fingerprint density at radius 2 is 1.94 bits per heavy atom. The average Bonchev–Trinajstić information content (AvgIpc) is 2.84. The summed E-state index contributed by atoms with van der Waals surface area (Å²) >= 11 is 1.58. The molecule has 0 aliphatic heterocycles. The minimum Gasteiger partial charge on any atom is -0.468 e. The van der Waals surface area contributed by atoms with Crippen molar-refractivity contribution in [3.05, 3.63) is 58.3 Å². The molecule has 0 aliphatic carbocycles. The summed E-state index contributed by atoms with van der Waals surface area (Å²) in [5.74, 6) is -0.526. The van der Waals surface area contributed by atoms with Gasteiger partial charge in [-0.3, -0.25) is 4.79 Å². The number of rotatable bonds is 3. The van der Waals surface area contributed by atoms with Gasteiger partial charge in [0.2, 0.25) is 0 Å². The fourth-order valence-electron chi connectivity index (χ4n) is 1.67. The number of esters is 1. The maximum atomic E-state index is 11.8. The minimum atomic E-state index is -0.308. The van der Waals surface area contributed by atoms with Crippen molar-refractivity contribution in [2.45, 2.75) is 5.92 Å². The SMILES string of the molecule is COC(=O)C(c1ccccc1)c1ccsc1. The normalized spacial score (nSPS) is 12.1. The lowest BCUT2D eigenvalue weighted by molar-refractivity contribution is -0.141. The summed E-state index contributed by atoms with van der Waals surface area (Å²) in [4.78, 5) is 11.8. The largest absolute Gasteiger partial charge is 0.468 e. The monoisotopic (exact) mass is 232 g/mol. The Balaban J connectivity index is 2.40. The molecule has 1 heterocycles. The highest BCUT2D eigenvalue weighted by molar-refractivity contribution is 7.08. The molecule has 82 valence electrons. The van der Waals surface area contributed by atoms with E-state index < -0.39 is 0 Å². The first-order chi connectivity index (χ1) is 7.83. The molecule has 3 heteroatoms. The smallest absolute Gasteiger partial charge is 0.317 e. The van der Waals surface area contributed by atoms with E-state index in [4.69, 9.17) is 4.74 Å². The molecule has 0 N–H and O–H groups in total. The van der Waals surface area contributed by atoms with Gasteiger partial charge in [0.1, 0.15) is 5.92 Å². The molecular weight excluding hydrogens is 220 g/mol. The molecule has 0 bridgehead atoms. The molecule has 0 saturated carbocycles. The molecule has 1 atom stereocenters. The maximum Gasteiger partial charge on any atom is 0.317 e. The average molecular weight is 232 g/mol. The summed E-state index contributed by atoms with van der Waals surface area (Å²) in [6.45, 7) is 0. The molecule has 0 saturated heterocycles. The van der Waals surface area contributed by atoms with Crippen LogP contribution >= 0.6 is 11.3 Å². The van der Waals surface area contributed by atoms with Crippen LogP contribution in [0.15, 0.2) is 47.2 Å². The standard InChI is InChI=1S/C13H12O2S/c1-15-13(14)12(11-7-8-16-9-11)10-5-3-2-4-6-10/h2-9,12H,1H3. The highest BCUT2D eigenvalue weighted by Crippen LogP contribution is 2.27. The first-order valence-electron chi connectivity index (χ1n) is 4.98. The van der Waals surface area contributed by atoms with Crippen LogP contribution < -0.4 is 0 Å². The quantitative estimate of drug-likeness (QED) is 0.760. The Morgan fingerprint density at radius 1 is 1.19 bits per heavy atom. The zero-order chi connectivity index (χ0) is 11.4. The Kier molecular flexibility index (Phi) is 3.37. The highest BCUT2D eigenvalue weighted by Gasteiger charge is 2.23. The molecule has 0 fully saturated rings. The molecule has 1 aromatic heterocycles. The van der Waals surface area contributed by atoms with Crippen molar-refractivity contribution in [3.8, 4) is 0 Å². The minimum absolute atomic E-state index is 0.218. The van der Waals surface area contributed by atoms with Crippen molar-refractivity contribution in [3.63, 3.8) is 0 Å². The number of ether oxygens (including phenoxy) is 1. The van der Waals surface area contributed by atoms with Crippen molar-refractivity contribution < 1.29 is 9.53 Å². The molecule has 0 radical (unpaired) electrons. The molecule has 2 rings (SSSR count). The van der Waals surface area contributed by atoms with Crippen LogP contribution in [0.3, 0.4) is 0 Å². The molecule has 1 unspecified atom stereocenters. The molecule has 2 aromatic rings. The van der Waals surface area contributed by atoms with Gasteiger partial charge in [-0.15, -0.1) is 0 Å². The third kappa shape index (κ3) is 2.14. The van der Waals surface area contributed by atoms with Gasteiger partial charge in [-0.1, -0.05) is 30.3 Å². The van der Waals surface area contributed by atoms with Crippen LogP contribution in [0, 0.1) is 0 Å². The van der Waals surface area contributed by atoms with E-state index in [1.165, 1.54) is 7.11 Å². The van der Waals surface area contributed by atoms with Crippen molar-refractivity contribution in [1.82, 2.24) is 0 Å². The number of methoxy groups -OCH3 is 1. The zero-order valence-corrected chi connectivity index (χ0v) is 9.74. The first-order valence-corrected chi connectivity index (χ1v) is 5.92. The molecule has 2 nitrogen and oxygen atoms in total. The first kappa shape index (κ1) is 10.9. The van der Waals surface area contributed by atoms with Crippen molar-refractivity contribution in [2.75, 3.05) is 7.11 Å². The third-order valence-corrected chi connectivity index (χ3v) is 3.15. The van der Waals surface area contributed by atoms with Crippen LogP contribution in [-0.4, -0.2) is 13.1 Å². The van der Waals surface area contributed by atoms with Crippen LogP contribution in [0.5, 0.6) is 0 Å². The molecule has 1 aromatic carbocycles. The van der Waals surface area contributed by atoms with E-state index in [1.807, 2.05) is 47.2 Å². The summed E-state index contributed by atoms with van der Waals surface area (Å²) in [6, 6.07) is 11.6. The summed E-state index contributed by atoms with van der Waals surface area (Å²) < 4.78 is 4.86. The van der Waals surface area contributed by atoms with Gasteiger partial charge in [-0.25, -0.2) is 0 Å². The van der Waals surface area contributed by atoms with Crippen molar-refractivity contribution in [2.24, 2.45) is 0 Å². The van der Waals surface area contributed by atoms with E-state index in [0.29, 0.717) is 0 Å². The number of carbonyl (C=O) groups excluding carboxylic acids is 1. The van der Waals surface area contributed by atoms with Gasteiger partial charge in [0.15, 0.2) is 0 Å². The predicted molar refractivity (Wildman–Crippen MR) is 64.6 cm³/mol. The third-order valence-electron chi connectivity index (χ3n) is 2.45. The lowest BCUT2D eigenvalue weighted by Gasteiger charge is -2.13. The lowest BCUT2D eigenvalue weighted by Crippen LogP contribution is -2.14. The molecule has 16 heavy (non-hydrogen) atoms. The second-order valence-electron chi connectivity index (χ2n) is 3.42. The molecule has 0 aliphatic rings. The van der Waals surface area contributed by atoms with E-state index in [1.54, 1.807) is 11.3 Å². The van der Waals surface area contributed by atoms with Crippen LogP contribution in [0.4, 0.5) is 0 Å².